The predicted octanol–water partition coefficient (Wildman–Crippen LogP) is 3.24. The number of imidazole rings is 1. The Morgan fingerprint density at radius 1 is 1.27 bits per heavy atom. The monoisotopic (exact) mass is 369 g/mol. The molecule has 6 heteroatoms. The normalized spacial score (nSPS) is 10.8. The van der Waals surface area contributed by atoms with Crippen molar-refractivity contribution in [3.8, 4) is 5.75 Å². The number of carbonyl (C=O) groups excluding carboxylic acids is 1. The van der Waals surface area contributed by atoms with E-state index < -0.39 is 0 Å². The third-order valence-electron chi connectivity index (χ3n) is 4.00. The van der Waals surface area contributed by atoms with E-state index in [1.807, 2.05) is 40.9 Å². The van der Waals surface area contributed by atoms with Gasteiger partial charge in [0.1, 0.15) is 11.4 Å². The molecule has 0 saturated heterocycles. The standard InChI is InChI=1S/C20H23N3O2S/c1-15-6-7-19-22-17(12-23(19)11-15)13-26-14-20(24)21-9-8-16-4-3-5-18(10-16)25-2/h3-7,10-12H,8-9,13-14H2,1-2H3,(H,21,24). The summed E-state index contributed by atoms with van der Waals surface area (Å²) in [6.07, 6.45) is 4.87. The number of carbonyl (C=O) groups is 1. The highest BCUT2D eigenvalue weighted by atomic mass is 32.2. The minimum atomic E-state index is 0.0532. The van der Waals surface area contributed by atoms with Crippen LogP contribution in [-0.4, -0.2) is 34.7 Å². The first-order valence-corrected chi connectivity index (χ1v) is 9.71. The summed E-state index contributed by atoms with van der Waals surface area (Å²) in [7, 11) is 1.66. The van der Waals surface area contributed by atoms with Crippen molar-refractivity contribution in [1.82, 2.24) is 14.7 Å². The van der Waals surface area contributed by atoms with Crippen LogP contribution in [0.15, 0.2) is 48.8 Å². The SMILES string of the molecule is COc1cccc(CCNC(=O)CSCc2cn3cc(C)ccc3n2)c1. The van der Waals surface area contributed by atoms with Gasteiger partial charge in [-0.3, -0.25) is 4.79 Å². The molecule has 0 fully saturated rings. The Balaban J connectivity index is 1.39. The van der Waals surface area contributed by atoms with Gasteiger partial charge < -0.3 is 14.5 Å². The molecule has 3 aromatic rings. The number of thioether (sulfide) groups is 1. The minimum absolute atomic E-state index is 0.0532. The molecule has 3 rings (SSSR count). The van der Waals surface area contributed by atoms with Crippen molar-refractivity contribution >= 4 is 23.3 Å². The van der Waals surface area contributed by atoms with Crippen LogP contribution in [0.2, 0.25) is 0 Å². The summed E-state index contributed by atoms with van der Waals surface area (Å²) in [5, 5.41) is 2.96. The number of pyridine rings is 1. The van der Waals surface area contributed by atoms with Gasteiger partial charge in [0, 0.05) is 24.7 Å². The fourth-order valence-corrected chi connectivity index (χ4v) is 3.44. The highest BCUT2D eigenvalue weighted by molar-refractivity contribution is 7.99. The zero-order chi connectivity index (χ0) is 18.4. The van der Waals surface area contributed by atoms with Gasteiger partial charge in [-0.2, -0.15) is 0 Å². The van der Waals surface area contributed by atoms with Crippen LogP contribution in [0.25, 0.3) is 5.65 Å². The Labute approximate surface area is 157 Å². The number of methoxy groups -OCH3 is 1. The summed E-state index contributed by atoms with van der Waals surface area (Å²) < 4.78 is 7.23. The van der Waals surface area contributed by atoms with Crippen molar-refractivity contribution in [2.24, 2.45) is 0 Å². The molecule has 0 spiro atoms. The van der Waals surface area contributed by atoms with Gasteiger partial charge in [0.15, 0.2) is 0 Å². The van der Waals surface area contributed by atoms with E-state index in [1.54, 1.807) is 18.9 Å². The molecule has 5 nitrogen and oxygen atoms in total. The van der Waals surface area contributed by atoms with Gasteiger partial charge in [-0.05, 0) is 42.7 Å². The van der Waals surface area contributed by atoms with Gasteiger partial charge in [-0.1, -0.05) is 18.2 Å². The fourth-order valence-electron chi connectivity index (χ4n) is 2.70. The van der Waals surface area contributed by atoms with Crippen LogP contribution in [-0.2, 0) is 17.0 Å². The lowest BCUT2D eigenvalue weighted by atomic mass is 10.1. The Hall–Kier alpha value is -2.47. The second kappa shape index (κ2) is 8.76. The molecule has 0 aliphatic carbocycles. The molecule has 26 heavy (non-hydrogen) atoms. The van der Waals surface area contributed by atoms with E-state index in [4.69, 9.17) is 4.74 Å². The topological polar surface area (TPSA) is 55.6 Å². The number of nitrogens with zero attached hydrogens (tertiary/aromatic N) is 2. The van der Waals surface area contributed by atoms with Crippen LogP contribution < -0.4 is 10.1 Å². The maximum Gasteiger partial charge on any atom is 0.230 e. The summed E-state index contributed by atoms with van der Waals surface area (Å²) in [4.78, 5) is 16.5. The number of fused-ring (bicyclic) bond motifs is 1. The molecule has 1 N–H and O–H groups in total. The van der Waals surface area contributed by atoms with E-state index in [1.165, 1.54) is 5.56 Å². The van der Waals surface area contributed by atoms with Crippen LogP contribution in [0, 0.1) is 6.92 Å². The summed E-state index contributed by atoms with van der Waals surface area (Å²) in [6, 6.07) is 12.0. The highest BCUT2D eigenvalue weighted by Gasteiger charge is 2.05. The van der Waals surface area contributed by atoms with E-state index in [0.29, 0.717) is 12.3 Å². The van der Waals surface area contributed by atoms with Gasteiger partial charge in [0.2, 0.25) is 5.91 Å². The fraction of sp³-hybridized carbons (Fsp3) is 0.300. The quantitative estimate of drug-likeness (QED) is 0.662. The number of ether oxygens (including phenoxy) is 1. The zero-order valence-corrected chi connectivity index (χ0v) is 15.9. The van der Waals surface area contributed by atoms with Crippen LogP contribution in [0.4, 0.5) is 0 Å². The minimum Gasteiger partial charge on any atom is -0.497 e. The summed E-state index contributed by atoms with van der Waals surface area (Å²) >= 11 is 1.58. The van der Waals surface area contributed by atoms with Gasteiger partial charge in [-0.15, -0.1) is 11.8 Å². The van der Waals surface area contributed by atoms with Crippen LogP contribution >= 0.6 is 11.8 Å². The number of hydrogen-bond acceptors (Lipinski definition) is 4. The van der Waals surface area contributed by atoms with Crippen molar-refractivity contribution in [3.63, 3.8) is 0 Å². The molecule has 0 saturated carbocycles. The van der Waals surface area contributed by atoms with Gasteiger partial charge in [0.25, 0.3) is 0 Å². The molecule has 2 aromatic heterocycles. The molecule has 1 amide bonds. The Bertz CT molecular complexity index is 892. The van der Waals surface area contributed by atoms with E-state index in [9.17, 15) is 4.79 Å². The third kappa shape index (κ3) is 5.02. The van der Waals surface area contributed by atoms with Gasteiger partial charge >= 0.3 is 0 Å². The molecule has 0 radical (unpaired) electrons. The van der Waals surface area contributed by atoms with Gasteiger partial charge in [0.05, 0.1) is 18.6 Å². The Kier molecular flexibility index (Phi) is 6.17. The van der Waals surface area contributed by atoms with E-state index in [2.05, 4.69) is 29.5 Å². The first-order chi connectivity index (χ1) is 12.6. The average Bonchev–Trinajstić information content (AvgIpc) is 3.03. The number of aryl methyl sites for hydroxylation is 1. The van der Waals surface area contributed by atoms with Crippen molar-refractivity contribution in [3.05, 3.63) is 65.6 Å². The molecule has 0 unspecified atom stereocenters. The number of rotatable bonds is 8. The van der Waals surface area contributed by atoms with Crippen LogP contribution in [0.1, 0.15) is 16.8 Å². The van der Waals surface area contributed by atoms with Crippen molar-refractivity contribution in [1.29, 1.82) is 0 Å². The Morgan fingerprint density at radius 3 is 3.00 bits per heavy atom. The highest BCUT2D eigenvalue weighted by Crippen LogP contribution is 2.14. The molecule has 0 aliphatic rings. The summed E-state index contributed by atoms with van der Waals surface area (Å²) in [6.45, 7) is 2.68. The van der Waals surface area contributed by atoms with Crippen LogP contribution in [0.5, 0.6) is 5.75 Å². The Morgan fingerprint density at radius 2 is 2.15 bits per heavy atom. The maximum absolute atomic E-state index is 12.0. The second-order valence-electron chi connectivity index (χ2n) is 6.15. The smallest absolute Gasteiger partial charge is 0.230 e. The molecule has 1 aromatic carbocycles. The van der Waals surface area contributed by atoms with E-state index >= 15 is 0 Å². The first kappa shape index (κ1) is 18.3. The van der Waals surface area contributed by atoms with Gasteiger partial charge in [-0.25, -0.2) is 4.98 Å². The molecular weight excluding hydrogens is 346 g/mol. The number of aromatic nitrogens is 2. The number of benzene rings is 1. The first-order valence-electron chi connectivity index (χ1n) is 8.55. The number of nitrogens with one attached hydrogen (secondary N) is 1. The largest absolute Gasteiger partial charge is 0.497 e. The third-order valence-corrected chi connectivity index (χ3v) is 4.97. The molecule has 0 atom stereocenters. The molecule has 0 bridgehead atoms. The lowest BCUT2D eigenvalue weighted by molar-refractivity contribution is -0.118. The predicted molar refractivity (Wildman–Crippen MR) is 106 cm³/mol. The summed E-state index contributed by atoms with van der Waals surface area (Å²) in [5.41, 5.74) is 4.28. The van der Waals surface area contributed by atoms with Crippen molar-refractivity contribution < 1.29 is 9.53 Å². The molecular formula is C20H23N3O2S. The number of hydrogen-bond donors (Lipinski definition) is 1. The zero-order valence-electron chi connectivity index (χ0n) is 15.1. The molecule has 2 heterocycles. The summed E-state index contributed by atoms with van der Waals surface area (Å²) in [5.74, 6) is 2.05. The van der Waals surface area contributed by atoms with Crippen molar-refractivity contribution in [2.75, 3.05) is 19.4 Å². The maximum atomic E-state index is 12.0. The molecule has 0 aliphatic heterocycles. The second-order valence-corrected chi connectivity index (χ2v) is 7.13. The van der Waals surface area contributed by atoms with Crippen LogP contribution in [0.3, 0.4) is 0 Å². The lowest BCUT2D eigenvalue weighted by Crippen LogP contribution is -2.27. The molecule has 136 valence electrons. The van der Waals surface area contributed by atoms with E-state index in [0.717, 1.165) is 34.8 Å². The number of amides is 1. The van der Waals surface area contributed by atoms with Crippen molar-refractivity contribution in [2.45, 2.75) is 19.1 Å². The average molecular weight is 369 g/mol. The van der Waals surface area contributed by atoms with E-state index in [-0.39, 0.29) is 5.91 Å². The lowest BCUT2D eigenvalue weighted by Gasteiger charge is -2.06.